The first-order chi connectivity index (χ1) is 15.8. The fourth-order valence-corrected chi connectivity index (χ4v) is 5.00. The fraction of sp³-hybridized carbons (Fsp3) is 0.364. The molecule has 1 heterocycles. The number of piperidine rings is 1. The zero-order valence-electron chi connectivity index (χ0n) is 18.1. The maximum Gasteiger partial charge on any atom is 0.411 e. The van der Waals surface area contributed by atoms with E-state index >= 15 is 0 Å². The van der Waals surface area contributed by atoms with Gasteiger partial charge in [-0.1, -0.05) is 17.7 Å². The first-order valence-corrected chi connectivity index (χ1v) is 12.2. The number of nitrogens with zero attached hydrogens (tertiary/aromatic N) is 1. The normalized spacial score (nSPS) is 15.1. The SMILES string of the molecule is COCCOC(=O)Nc1cccc(NC(=O)C2CCN(S(=O)(=O)c3ccc(Cl)cc3)CC2)c1. The molecular formula is C22H26ClN3O6S. The van der Waals surface area contributed by atoms with Gasteiger partial charge >= 0.3 is 6.09 Å². The second-order valence-electron chi connectivity index (χ2n) is 7.46. The van der Waals surface area contributed by atoms with Gasteiger partial charge in [-0.3, -0.25) is 10.1 Å². The Labute approximate surface area is 198 Å². The highest BCUT2D eigenvalue weighted by atomic mass is 35.5. The number of benzene rings is 2. The van der Waals surface area contributed by atoms with Gasteiger partial charge < -0.3 is 14.8 Å². The number of hydrogen-bond acceptors (Lipinski definition) is 6. The number of carbonyl (C=O) groups is 2. The van der Waals surface area contributed by atoms with E-state index in [0.717, 1.165) is 0 Å². The van der Waals surface area contributed by atoms with Crippen LogP contribution in [0.1, 0.15) is 12.8 Å². The molecule has 0 saturated carbocycles. The molecule has 0 atom stereocenters. The van der Waals surface area contributed by atoms with Gasteiger partial charge in [0.25, 0.3) is 0 Å². The van der Waals surface area contributed by atoms with E-state index in [4.69, 9.17) is 21.1 Å². The van der Waals surface area contributed by atoms with Gasteiger partial charge in [0.1, 0.15) is 6.61 Å². The van der Waals surface area contributed by atoms with Gasteiger partial charge in [-0.15, -0.1) is 0 Å². The van der Waals surface area contributed by atoms with Crippen LogP contribution in [0, 0.1) is 5.92 Å². The summed E-state index contributed by atoms with van der Waals surface area (Å²) in [6, 6.07) is 12.7. The minimum Gasteiger partial charge on any atom is -0.447 e. The lowest BCUT2D eigenvalue weighted by atomic mass is 9.97. The zero-order valence-corrected chi connectivity index (χ0v) is 19.7. The molecule has 11 heteroatoms. The van der Waals surface area contributed by atoms with E-state index in [-0.39, 0.29) is 36.4 Å². The number of amides is 2. The summed E-state index contributed by atoms with van der Waals surface area (Å²) in [5, 5.41) is 5.89. The summed E-state index contributed by atoms with van der Waals surface area (Å²) in [6.07, 6.45) is 0.190. The Hall–Kier alpha value is -2.66. The average molecular weight is 496 g/mol. The molecule has 3 rings (SSSR count). The Kier molecular flexibility index (Phi) is 8.67. The van der Waals surface area contributed by atoms with E-state index in [2.05, 4.69) is 10.6 Å². The van der Waals surface area contributed by atoms with Gasteiger partial charge in [-0.2, -0.15) is 4.31 Å². The number of hydrogen-bond donors (Lipinski definition) is 2. The lowest BCUT2D eigenvalue weighted by Crippen LogP contribution is -2.41. The fourth-order valence-electron chi connectivity index (χ4n) is 3.40. The second-order valence-corrected chi connectivity index (χ2v) is 9.83. The van der Waals surface area contributed by atoms with Gasteiger partial charge in [0.05, 0.1) is 11.5 Å². The van der Waals surface area contributed by atoms with E-state index in [1.165, 1.54) is 35.7 Å². The molecular weight excluding hydrogens is 470 g/mol. The highest BCUT2D eigenvalue weighted by Gasteiger charge is 2.32. The van der Waals surface area contributed by atoms with Crippen LogP contribution in [0.4, 0.5) is 16.2 Å². The van der Waals surface area contributed by atoms with Crippen LogP contribution in [0.3, 0.4) is 0 Å². The lowest BCUT2D eigenvalue weighted by molar-refractivity contribution is -0.120. The number of nitrogens with one attached hydrogen (secondary N) is 2. The predicted octanol–water partition coefficient (Wildman–Crippen LogP) is 3.57. The largest absolute Gasteiger partial charge is 0.447 e. The van der Waals surface area contributed by atoms with Crippen molar-refractivity contribution >= 4 is 45.0 Å². The minimum absolute atomic E-state index is 0.130. The van der Waals surface area contributed by atoms with Crippen molar-refractivity contribution in [3.63, 3.8) is 0 Å². The summed E-state index contributed by atoms with van der Waals surface area (Å²) in [5.74, 6) is -0.518. The molecule has 2 amide bonds. The smallest absolute Gasteiger partial charge is 0.411 e. The molecule has 0 aliphatic carbocycles. The standard InChI is InChI=1S/C22H26ClN3O6S/c1-31-13-14-32-22(28)25-19-4-2-3-18(15-19)24-21(27)16-9-11-26(12-10-16)33(29,30)20-7-5-17(23)6-8-20/h2-8,15-16H,9-14H2,1H3,(H,24,27)(H,25,28). The molecule has 0 bridgehead atoms. The van der Waals surface area contributed by atoms with Crippen LogP contribution in [0.15, 0.2) is 53.4 Å². The number of anilines is 2. The van der Waals surface area contributed by atoms with Gasteiger partial charge in [-0.05, 0) is 55.3 Å². The van der Waals surface area contributed by atoms with Crippen LogP contribution in [0.2, 0.25) is 5.02 Å². The van der Waals surface area contributed by atoms with Crippen LogP contribution < -0.4 is 10.6 Å². The number of sulfonamides is 1. The van der Waals surface area contributed by atoms with Gasteiger partial charge in [0.15, 0.2) is 0 Å². The van der Waals surface area contributed by atoms with Gasteiger partial charge in [0.2, 0.25) is 15.9 Å². The quantitative estimate of drug-likeness (QED) is 0.541. The third kappa shape index (κ3) is 6.91. The highest BCUT2D eigenvalue weighted by Crippen LogP contribution is 2.26. The number of halogens is 1. The van der Waals surface area contributed by atoms with Gasteiger partial charge in [-0.25, -0.2) is 13.2 Å². The summed E-state index contributed by atoms with van der Waals surface area (Å²) in [4.78, 5) is 24.7. The van der Waals surface area contributed by atoms with Crippen molar-refractivity contribution in [3.05, 3.63) is 53.6 Å². The summed E-state index contributed by atoms with van der Waals surface area (Å²) in [7, 11) is -2.12. The Balaban J connectivity index is 1.53. The number of carbonyl (C=O) groups excluding carboxylic acids is 2. The number of ether oxygens (including phenoxy) is 2. The molecule has 178 valence electrons. The Morgan fingerprint density at radius 2 is 1.67 bits per heavy atom. The number of rotatable bonds is 8. The van der Waals surface area contributed by atoms with Crippen LogP contribution >= 0.6 is 11.6 Å². The molecule has 1 aliphatic heterocycles. The Morgan fingerprint density at radius 3 is 2.30 bits per heavy atom. The molecule has 2 aromatic carbocycles. The maximum atomic E-state index is 12.8. The van der Waals surface area contributed by atoms with Crippen molar-refractivity contribution < 1.29 is 27.5 Å². The van der Waals surface area contributed by atoms with Crippen molar-refractivity contribution in [1.29, 1.82) is 0 Å². The van der Waals surface area contributed by atoms with Crippen LogP contribution in [-0.4, -0.2) is 58.1 Å². The minimum atomic E-state index is -3.63. The monoisotopic (exact) mass is 495 g/mol. The molecule has 1 saturated heterocycles. The Bertz CT molecular complexity index is 1070. The summed E-state index contributed by atoms with van der Waals surface area (Å²) >= 11 is 5.84. The summed E-state index contributed by atoms with van der Waals surface area (Å²) in [6.45, 7) is 0.921. The molecule has 2 N–H and O–H groups in total. The third-order valence-corrected chi connectivity index (χ3v) is 7.34. The second kappa shape index (κ2) is 11.5. The molecule has 0 spiro atoms. The molecule has 0 unspecified atom stereocenters. The van der Waals surface area contributed by atoms with E-state index in [9.17, 15) is 18.0 Å². The van der Waals surface area contributed by atoms with E-state index in [1.54, 1.807) is 24.3 Å². The summed E-state index contributed by atoms with van der Waals surface area (Å²) in [5.41, 5.74) is 0.991. The van der Waals surface area contributed by atoms with Crippen LogP contribution in [-0.2, 0) is 24.3 Å². The van der Waals surface area contributed by atoms with Crippen molar-refractivity contribution in [1.82, 2.24) is 4.31 Å². The maximum absolute atomic E-state index is 12.8. The first-order valence-electron chi connectivity index (χ1n) is 10.4. The molecule has 33 heavy (non-hydrogen) atoms. The Morgan fingerprint density at radius 1 is 1.03 bits per heavy atom. The number of methoxy groups -OCH3 is 1. The molecule has 1 fully saturated rings. The first kappa shape index (κ1) is 25.0. The predicted molar refractivity (Wildman–Crippen MR) is 125 cm³/mol. The molecule has 9 nitrogen and oxygen atoms in total. The third-order valence-electron chi connectivity index (χ3n) is 5.17. The molecule has 2 aromatic rings. The van der Waals surface area contributed by atoms with E-state index < -0.39 is 16.1 Å². The highest BCUT2D eigenvalue weighted by molar-refractivity contribution is 7.89. The van der Waals surface area contributed by atoms with Crippen LogP contribution in [0.25, 0.3) is 0 Å². The average Bonchev–Trinajstić information content (AvgIpc) is 2.80. The van der Waals surface area contributed by atoms with Crippen molar-refractivity contribution in [2.24, 2.45) is 5.92 Å². The molecule has 1 aliphatic rings. The van der Waals surface area contributed by atoms with E-state index in [0.29, 0.717) is 35.8 Å². The van der Waals surface area contributed by atoms with Crippen molar-refractivity contribution in [2.45, 2.75) is 17.7 Å². The van der Waals surface area contributed by atoms with E-state index in [1.807, 2.05) is 0 Å². The molecule has 0 aromatic heterocycles. The van der Waals surface area contributed by atoms with Crippen molar-refractivity contribution in [3.8, 4) is 0 Å². The lowest BCUT2D eigenvalue weighted by Gasteiger charge is -2.30. The van der Waals surface area contributed by atoms with Gasteiger partial charge in [0, 0.05) is 42.5 Å². The summed E-state index contributed by atoms with van der Waals surface area (Å²) < 4.78 is 36.8. The zero-order chi connectivity index (χ0) is 23.8. The molecule has 0 radical (unpaired) electrons. The topological polar surface area (TPSA) is 114 Å². The van der Waals surface area contributed by atoms with Crippen molar-refractivity contribution in [2.75, 3.05) is 44.0 Å². The van der Waals surface area contributed by atoms with Crippen LogP contribution in [0.5, 0.6) is 0 Å².